The molecular formula is C10H12N2O3S. The summed E-state index contributed by atoms with van der Waals surface area (Å²) in [6, 6.07) is 4.50. The van der Waals surface area contributed by atoms with Crippen LogP contribution in [0.25, 0.3) is 0 Å². The number of amides is 1. The van der Waals surface area contributed by atoms with Gasteiger partial charge in [-0.15, -0.1) is 0 Å². The van der Waals surface area contributed by atoms with Gasteiger partial charge in [-0.2, -0.15) is 0 Å². The highest BCUT2D eigenvalue weighted by atomic mass is 32.2. The Morgan fingerprint density at radius 2 is 2.12 bits per heavy atom. The molecule has 5 nitrogen and oxygen atoms in total. The minimum atomic E-state index is -3.27. The van der Waals surface area contributed by atoms with Crippen LogP contribution in [0.15, 0.2) is 23.1 Å². The van der Waals surface area contributed by atoms with Gasteiger partial charge in [-0.25, -0.2) is 8.42 Å². The van der Waals surface area contributed by atoms with Gasteiger partial charge in [0.25, 0.3) is 0 Å². The van der Waals surface area contributed by atoms with Gasteiger partial charge in [-0.05, 0) is 18.2 Å². The summed E-state index contributed by atoms with van der Waals surface area (Å²) < 4.78 is 23.5. The first-order valence-electron chi connectivity index (χ1n) is 4.82. The first-order chi connectivity index (χ1) is 7.42. The molecule has 2 N–H and O–H groups in total. The first kappa shape index (κ1) is 10.9. The first-order valence-corrected chi connectivity index (χ1v) is 6.47. The lowest BCUT2D eigenvalue weighted by atomic mass is 10.2. The molecule has 1 aromatic carbocycles. The molecule has 0 atom stereocenters. The van der Waals surface area contributed by atoms with E-state index in [0.717, 1.165) is 0 Å². The van der Waals surface area contributed by atoms with Crippen LogP contribution in [0.2, 0.25) is 0 Å². The molecule has 0 bridgehead atoms. The number of hydrogen-bond acceptors (Lipinski definition) is 4. The molecule has 1 aliphatic heterocycles. The van der Waals surface area contributed by atoms with Crippen molar-refractivity contribution in [3.05, 3.63) is 18.2 Å². The zero-order valence-electron chi connectivity index (χ0n) is 8.80. The number of hydrogen-bond donors (Lipinski definition) is 1. The summed E-state index contributed by atoms with van der Waals surface area (Å²) in [4.78, 5) is 13.0. The highest BCUT2D eigenvalue weighted by Crippen LogP contribution is 2.32. The molecule has 0 fully saturated rings. The second kappa shape index (κ2) is 3.48. The molecule has 1 aromatic rings. The van der Waals surface area contributed by atoms with Gasteiger partial charge >= 0.3 is 0 Å². The van der Waals surface area contributed by atoms with Crippen molar-refractivity contribution >= 4 is 27.1 Å². The van der Waals surface area contributed by atoms with Crippen molar-refractivity contribution in [3.63, 3.8) is 0 Å². The van der Waals surface area contributed by atoms with E-state index in [1.807, 2.05) is 0 Å². The fraction of sp³-hybridized carbons (Fsp3) is 0.300. The van der Waals surface area contributed by atoms with Crippen LogP contribution in [0, 0.1) is 0 Å². The van der Waals surface area contributed by atoms with E-state index in [1.54, 1.807) is 0 Å². The molecule has 6 heteroatoms. The topological polar surface area (TPSA) is 80.5 Å². The summed E-state index contributed by atoms with van der Waals surface area (Å²) in [5.41, 5.74) is 6.43. The van der Waals surface area contributed by atoms with Gasteiger partial charge in [0, 0.05) is 19.2 Å². The molecule has 0 aliphatic carbocycles. The van der Waals surface area contributed by atoms with Crippen LogP contribution in [-0.2, 0) is 14.6 Å². The molecule has 0 saturated heterocycles. The van der Waals surface area contributed by atoms with Crippen LogP contribution in [0.4, 0.5) is 11.4 Å². The van der Waals surface area contributed by atoms with Gasteiger partial charge in [-0.3, -0.25) is 4.79 Å². The summed E-state index contributed by atoms with van der Waals surface area (Å²) in [5, 5.41) is 0. The largest absolute Gasteiger partial charge is 0.399 e. The van der Waals surface area contributed by atoms with E-state index < -0.39 is 9.84 Å². The number of nitrogens with two attached hydrogens (primary N) is 1. The minimum absolute atomic E-state index is 0.0382. The van der Waals surface area contributed by atoms with Gasteiger partial charge in [-0.1, -0.05) is 0 Å². The molecule has 0 aromatic heterocycles. The molecule has 16 heavy (non-hydrogen) atoms. The van der Waals surface area contributed by atoms with Crippen molar-refractivity contribution in [1.82, 2.24) is 0 Å². The van der Waals surface area contributed by atoms with Gasteiger partial charge < -0.3 is 10.6 Å². The van der Waals surface area contributed by atoms with Crippen molar-refractivity contribution in [3.8, 4) is 0 Å². The Balaban J connectivity index is 2.67. The average molecular weight is 240 g/mol. The zero-order chi connectivity index (χ0) is 11.9. The third-order valence-electron chi connectivity index (χ3n) is 2.57. The second-order valence-electron chi connectivity index (χ2n) is 3.72. The predicted molar refractivity (Wildman–Crippen MR) is 60.9 cm³/mol. The number of benzene rings is 1. The quantitative estimate of drug-likeness (QED) is 0.666. The van der Waals surface area contributed by atoms with E-state index in [4.69, 9.17) is 5.73 Å². The number of carbonyl (C=O) groups excluding carboxylic acids is 1. The molecule has 0 unspecified atom stereocenters. The molecule has 0 spiro atoms. The lowest BCUT2D eigenvalue weighted by Crippen LogP contribution is -2.38. The van der Waals surface area contributed by atoms with Crippen molar-refractivity contribution < 1.29 is 13.2 Å². The van der Waals surface area contributed by atoms with E-state index in [9.17, 15) is 13.2 Å². The highest BCUT2D eigenvalue weighted by Gasteiger charge is 2.30. The molecular weight excluding hydrogens is 228 g/mol. The van der Waals surface area contributed by atoms with Crippen LogP contribution in [0.3, 0.4) is 0 Å². The maximum Gasteiger partial charge on any atom is 0.223 e. The minimum Gasteiger partial charge on any atom is -0.399 e. The highest BCUT2D eigenvalue weighted by molar-refractivity contribution is 7.91. The number of anilines is 2. The summed E-state index contributed by atoms with van der Waals surface area (Å²) in [5.74, 6) is -0.217. The Hall–Kier alpha value is -1.56. The van der Waals surface area contributed by atoms with E-state index in [-0.39, 0.29) is 23.1 Å². The smallest absolute Gasteiger partial charge is 0.223 e. The number of carbonyl (C=O) groups is 1. The average Bonchev–Trinajstić information content (AvgIpc) is 2.16. The predicted octanol–water partition coefficient (Wildman–Crippen LogP) is 0.409. The maximum absolute atomic E-state index is 11.8. The SMILES string of the molecule is CC(=O)N1CCS(=O)(=O)c2ccc(N)cc21. The Labute approximate surface area is 93.8 Å². The fourth-order valence-electron chi connectivity index (χ4n) is 1.78. The van der Waals surface area contributed by atoms with Crippen molar-refractivity contribution in [1.29, 1.82) is 0 Å². The molecule has 1 aliphatic rings. The second-order valence-corrected chi connectivity index (χ2v) is 5.79. The molecule has 1 amide bonds. The van der Waals surface area contributed by atoms with Crippen molar-refractivity contribution in [2.75, 3.05) is 22.9 Å². The Bertz CT molecular complexity index is 551. The third kappa shape index (κ3) is 1.65. The molecule has 86 valence electrons. The van der Waals surface area contributed by atoms with E-state index in [1.165, 1.54) is 30.0 Å². The monoisotopic (exact) mass is 240 g/mol. The summed E-state index contributed by atoms with van der Waals surface area (Å²) in [7, 11) is -3.27. The summed E-state index contributed by atoms with van der Waals surface area (Å²) in [6.07, 6.45) is 0. The van der Waals surface area contributed by atoms with Crippen LogP contribution >= 0.6 is 0 Å². The number of fused-ring (bicyclic) bond motifs is 1. The fourth-order valence-corrected chi connectivity index (χ4v) is 3.18. The number of sulfone groups is 1. The van der Waals surface area contributed by atoms with Gasteiger partial charge in [0.2, 0.25) is 5.91 Å². The molecule has 0 saturated carbocycles. The third-order valence-corrected chi connectivity index (χ3v) is 4.31. The molecule has 2 rings (SSSR count). The normalized spacial score (nSPS) is 17.9. The summed E-state index contributed by atoms with van der Waals surface area (Å²) >= 11 is 0. The van der Waals surface area contributed by atoms with E-state index >= 15 is 0 Å². The van der Waals surface area contributed by atoms with Crippen molar-refractivity contribution in [2.24, 2.45) is 0 Å². The van der Waals surface area contributed by atoms with Crippen LogP contribution in [0.1, 0.15) is 6.92 Å². The van der Waals surface area contributed by atoms with Crippen LogP contribution in [-0.4, -0.2) is 26.6 Å². The van der Waals surface area contributed by atoms with Gasteiger partial charge in [0.1, 0.15) is 0 Å². The number of nitrogens with zero attached hydrogens (tertiary/aromatic N) is 1. The molecule has 1 heterocycles. The van der Waals surface area contributed by atoms with Crippen molar-refractivity contribution in [2.45, 2.75) is 11.8 Å². The Morgan fingerprint density at radius 3 is 2.75 bits per heavy atom. The number of nitrogen functional groups attached to an aromatic ring is 1. The Morgan fingerprint density at radius 1 is 1.44 bits per heavy atom. The van der Waals surface area contributed by atoms with Gasteiger partial charge in [0.15, 0.2) is 9.84 Å². The lowest BCUT2D eigenvalue weighted by Gasteiger charge is -2.28. The van der Waals surface area contributed by atoms with Gasteiger partial charge in [0.05, 0.1) is 16.3 Å². The van der Waals surface area contributed by atoms with E-state index in [0.29, 0.717) is 11.4 Å². The van der Waals surface area contributed by atoms with Crippen LogP contribution in [0.5, 0.6) is 0 Å². The molecule has 0 radical (unpaired) electrons. The van der Waals surface area contributed by atoms with Crippen LogP contribution < -0.4 is 10.6 Å². The standard InChI is InChI=1S/C10H12N2O3S/c1-7(13)12-4-5-16(14,15)10-3-2-8(11)6-9(10)12/h2-3,6H,4-5,11H2,1H3. The Kier molecular flexibility index (Phi) is 2.38. The zero-order valence-corrected chi connectivity index (χ0v) is 9.62. The lowest BCUT2D eigenvalue weighted by molar-refractivity contribution is -0.116. The number of rotatable bonds is 0. The summed E-state index contributed by atoms with van der Waals surface area (Å²) in [6.45, 7) is 1.60. The van der Waals surface area contributed by atoms with E-state index in [2.05, 4.69) is 0 Å². The maximum atomic E-state index is 11.8.